The molecule has 0 aliphatic rings. The first kappa shape index (κ1) is 15.8. The normalized spacial score (nSPS) is 11.0. The quantitative estimate of drug-likeness (QED) is 0.770. The number of thioether (sulfide) groups is 1. The molecule has 0 aliphatic heterocycles. The van der Waals surface area contributed by atoms with Gasteiger partial charge in [-0.15, -0.1) is 11.8 Å². The highest BCUT2D eigenvalue weighted by atomic mass is 32.2. The number of aromatic amines is 1. The zero-order valence-electron chi connectivity index (χ0n) is 12.8. The third kappa shape index (κ3) is 3.76. The van der Waals surface area contributed by atoms with Crippen LogP contribution < -0.4 is 10.1 Å². The number of aromatic nitrogens is 1. The van der Waals surface area contributed by atoms with Crippen LogP contribution >= 0.6 is 11.8 Å². The number of carbonyl (C=O) groups is 1. The summed E-state index contributed by atoms with van der Waals surface area (Å²) in [6.45, 7) is 6.28. The van der Waals surface area contributed by atoms with E-state index in [2.05, 4.69) is 44.0 Å². The molecule has 3 nitrogen and oxygen atoms in total. The number of pyridine rings is 1. The van der Waals surface area contributed by atoms with Gasteiger partial charge in [0.2, 0.25) is 5.52 Å². The van der Waals surface area contributed by atoms with Crippen molar-refractivity contribution in [2.45, 2.75) is 44.9 Å². The molecule has 0 aliphatic carbocycles. The predicted octanol–water partition coefficient (Wildman–Crippen LogP) is 2.46. The number of benzene rings is 1. The summed E-state index contributed by atoms with van der Waals surface area (Å²) in [6.07, 6.45) is 3.19. The van der Waals surface area contributed by atoms with E-state index in [9.17, 15) is 9.90 Å². The van der Waals surface area contributed by atoms with Gasteiger partial charge in [0.25, 0.3) is 0 Å². The molecule has 1 aromatic heterocycles. The van der Waals surface area contributed by atoms with Crippen molar-refractivity contribution in [3.8, 4) is 0 Å². The maximum atomic E-state index is 10.8. The minimum atomic E-state index is -1.02. The molecule has 112 valence electrons. The fraction of sp³-hybridized carbons (Fsp3) is 0.412. The number of H-pyrrole nitrogens is 1. The number of carboxylic acids is 1. The minimum absolute atomic E-state index is 0.00831. The summed E-state index contributed by atoms with van der Waals surface area (Å²) in [5, 5.41) is 12.0. The van der Waals surface area contributed by atoms with Crippen molar-refractivity contribution in [2.75, 3.05) is 5.75 Å². The number of carboxylic acid groups (broad SMARTS) is 1. The number of hydrogen-bond acceptors (Lipinski definition) is 3. The third-order valence-electron chi connectivity index (χ3n) is 3.58. The maximum Gasteiger partial charge on any atom is 0.212 e. The molecule has 1 N–H and O–H groups in total. The third-order valence-corrected chi connectivity index (χ3v) is 4.72. The molecule has 0 atom stereocenters. The maximum absolute atomic E-state index is 10.8. The van der Waals surface area contributed by atoms with Gasteiger partial charge < -0.3 is 9.90 Å². The van der Waals surface area contributed by atoms with E-state index >= 15 is 0 Å². The monoisotopic (exact) mass is 303 g/mol. The van der Waals surface area contributed by atoms with Gasteiger partial charge in [0.05, 0.1) is 11.4 Å². The highest BCUT2D eigenvalue weighted by Gasteiger charge is 2.17. The van der Waals surface area contributed by atoms with Crippen LogP contribution in [0.25, 0.3) is 10.9 Å². The largest absolute Gasteiger partial charge is 0.549 e. The molecule has 1 heterocycles. The minimum Gasteiger partial charge on any atom is -0.549 e. The summed E-state index contributed by atoms with van der Waals surface area (Å²) in [6, 6.07) is 6.25. The second-order valence-electron chi connectivity index (χ2n) is 5.37. The number of aliphatic carboxylic acids is 1. The first-order valence-corrected chi connectivity index (χ1v) is 8.29. The number of aryl methyl sites for hydroxylation is 2. The van der Waals surface area contributed by atoms with Crippen LogP contribution in [0.5, 0.6) is 0 Å². The highest BCUT2D eigenvalue weighted by Crippen LogP contribution is 2.32. The van der Waals surface area contributed by atoms with Gasteiger partial charge in [-0.3, -0.25) is 0 Å². The Labute approximate surface area is 129 Å². The molecule has 0 saturated heterocycles. The van der Waals surface area contributed by atoms with Crippen LogP contribution in [0, 0.1) is 13.8 Å². The van der Waals surface area contributed by atoms with Gasteiger partial charge in [-0.05, 0) is 25.8 Å². The Balaban J connectivity index is 2.58. The highest BCUT2D eigenvalue weighted by molar-refractivity contribution is 8.00. The molecule has 0 saturated carbocycles. The van der Waals surface area contributed by atoms with E-state index < -0.39 is 5.97 Å². The van der Waals surface area contributed by atoms with Gasteiger partial charge in [-0.2, -0.15) is 0 Å². The standard InChI is InChI=1S/C17H21NO2S/c1-4-5-6-13-12(3)18-15-8-7-11(2)9-14(15)17(13)21-10-16(19)20/h7-9H,4-6,10H2,1-3H3,(H,19,20). The number of carbonyl (C=O) groups excluding carboxylic acids is 1. The lowest BCUT2D eigenvalue weighted by Gasteiger charge is -2.12. The Morgan fingerprint density at radius 1 is 1.33 bits per heavy atom. The molecule has 0 unspecified atom stereocenters. The zero-order valence-corrected chi connectivity index (χ0v) is 13.6. The van der Waals surface area contributed by atoms with Crippen molar-refractivity contribution in [3.63, 3.8) is 0 Å². The molecule has 0 radical (unpaired) electrons. The Morgan fingerprint density at radius 3 is 2.76 bits per heavy atom. The zero-order chi connectivity index (χ0) is 15.4. The van der Waals surface area contributed by atoms with Crippen molar-refractivity contribution >= 4 is 28.6 Å². The van der Waals surface area contributed by atoms with Crippen molar-refractivity contribution in [2.24, 2.45) is 0 Å². The summed E-state index contributed by atoms with van der Waals surface area (Å²) in [5.74, 6) is -1.03. The fourth-order valence-corrected chi connectivity index (χ4v) is 3.53. The van der Waals surface area contributed by atoms with Gasteiger partial charge in [0.15, 0.2) is 5.69 Å². The Morgan fingerprint density at radius 2 is 2.10 bits per heavy atom. The van der Waals surface area contributed by atoms with Crippen LogP contribution in [0.15, 0.2) is 23.1 Å². The Hall–Kier alpha value is -1.55. The lowest BCUT2D eigenvalue weighted by molar-refractivity contribution is -0.356. The van der Waals surface area contributed by atoms with E-state index in [1.54, 1.807) is 0 Å². The first-order valence-electron chi connectivity index (χ1n) is 7.30. The molecular weight excluding hydrogens is 282 g/mol. The van der Waals surface area contributed by atoms with Crippen LogP contribution in [0.2, 0.25) is 0 Å². The molecule has 2 rings (SSSR count). The molecular formula is C17H21NO2S. The molecule has 0 fully saturated rings. The van der Waals surface area contributed by atoms with Crippen LogP contribution in [0.4, 0.5) is 0 Å². The van der Waals surface area contributed by atoms with Gasteiger partial charge in [0.1, 0.15) is 0 Å². The summed E-state index contributed by atoms with van der Waals surface area (Å²) in [5.41, 5.74) is 4.59. The smallest absolute Gasteiger partial charge is 0.212 e. The van der Waals surface area contributed by atoms with Gasteiger partial charge in [-0.25, -0.2) is 4.98 Å². The Bertz CT molecular complexity index is 667. The van der Waals surface area contributed by atoms with Gasteiger partial charge in [-0.1, -0.05) is 25.0 Å². The van der Waals surface area contributed by atoms with E-state index in [4.69, 9.17) is 0 Å². The SMILES string of the molecule is CCCCc1c(C)[nH+]c2ccc(C)cc2c1SCC(=O)[O-]. The number of rotatable bonds is 6. The molecule has 0 spiro atoms. The molecule has 21 heavy (non-hydrogen) atoms. The summed E-state index contributed by atoms with van der Waals surface area (Å²) in [4.78, 5) is 15.4. The summed E-state index contributed by atoms with van der Waals surface area (Å²) in [7, 11) is 0. The van der Waals surface area contributed by atoms with E-state index in [-0.39, 0.29) is 5.75 Å². The van der Waals surface area contributed by atoms with Crippen molar-refractivity contribution < 1.29 is 14.9 Å². The molecule has 0 amide bonds. The van der Waals surface area contributed by atoms with E-state index in [0.717, 1.165) is 40.8 Å². The van der Waals surface area contributed by atoms with Gasteiger partial charge >= 0.3 is 0 Å². The topological polar surface area (TPSA) is 54.3 Å². The molecule has 1 aromatic carbocycles. The number of hydrogen-bond donors (Lipinski definition) is 0. The van der Waals surface area contributed by atoms with Crippen molar-refractivity contribution in [1.82, 2.24) is 0 Å². The number of unbranched alkanes of at least 4 members (excludes halogenated alkanes) is 1. The summed E-state index contributed by atoms with van der Waals surface area (Å²) < 4.78 is 0. The first-order chi connectivity index (χ1) is 10.0. The molecule has 0 bridgehead atoms. The second-order valence-corrected chi connectivity index (χ2v) is 6.36. The lowest BCUT2D eigenvalue weighted by atomic mass is 10.0. The van der Waals surface area contributed by atoms with E-state index in [1.807, 2.05) is 0 Å². The summed E-state index contributed by atoms with van der Waals surface area (Å²) >= 11 is 1.38. The molecule has 2 aromatic rings. The predicted molar refractivity (Wildman–Crippen MR) is 84.3 cm³/mol. The lowest BCUT2D eigenvalue weighted by Crippen LogP contribution is -2.24. The molecule has 4 heteroatoms. The van der Waals surface area contributed by atoms with Crippen molar-refractivity contribution in [1.29, 1.82) is 0 Å². The van der Waals surface area contributed by atoms with Crippen LogP contribution in [0.1, 0.15) is 36.6 Å². The fourth-order valence-electron chi connectivity index (χ4n) is 2.52. The van der Waals surface area contributed by atoms with E-state index in [1.165, 1.54) is 22.9 Å². The van der Waals surface area contributed by atoms with Crippen LogP contribution in [-0.4, -0.2) is 11.7 Å². The average Bonchev–Trinajstić information content (AvgIpc) is 2.43. The number of nitrogens with one attached hydrogen (secondary N) is 1. The van der Waals surface area contributed by atoms with E-state index in [0.29, 0.717) is 0 Å². The van der Waals surface area contributed by atoms with Crippen LogP contribution in [-0.2, 0) is 11.2 Å². The second kappa shape index (κ2) is 6.94. The number of fused-ring (bicyclic) bond motifs is 1. The Kier molecular flexibility index (Phi) is 5.23. The van der Waals surface area contributed by atoms with Crippen molar-refractivity contribution in [3.05, 3.63) is 35.0 Å². The van der Waals surface area contributed by atoms with Crippen LogP contribution in [0.3, 0.4) is 0 Å². The van der Waals surface area contributed by atoms with Gasteiger partial charge in [0, 0.05) is 29.2 Å². The average molecular weight is 303 g/mol.